The van der Waals surface area contributed by atoms with Crippen LogP contribution >= 0.6 is 0 Å². The molecule has 0 aromatic heterocycles. The lowest BCUT2D eigenvalue weighted by atomic mass is 10.5. The number of nitrogens with one attached hydrogen (secondary N) is 1. The van der Waals surface area contributed by atoms with E-state index in [2.05, 4.69) is 12.2 Å². The van der Waals surface area contributed by atoms with Crippen molar-refractivity contribution >= 4 is 0 Å². The maximum atomic E-state index is 5.36. The van der Waals surface area contributed by atoms with Crippen molar-refractivity contribution in [3.8, 4) is 0 Å². The van der Waals surface area contributed by atoms with Gasteiger partial charge in [-0.15, -0.1) is 0 Å². The number of methoxy groups -OCH3 is 1. The van der Waals surface area contributed by atoms with Crippen molar-refractivity contribution < 1.29 is 10.9 Å². The second-order valence-electron chi connectivity index (χ2n) is 2.30. The number of rotatable bonds is 7. The van der Waals surface area contributed by atoms with Crippen LogP contribution < -0.4 is 5.32 Å². The Kier molecular flexibility index (Phi) is 17.0. The summed E-state index contributed by atoms with van der Waals surface area (Å²) >= 11 is 0. The summed E-state index contributed by atoms with van der Waals surface area (Å²) in [4.78, 5) is 0. The molecule has 0 fully saturated rings. The Bertz CT molecular complexity index is 80.5. The van der Waals surface area contributed by atoms with E-state index in [0.717, 1.165) is 26.1 Å². The normalized spacial score (nSPS) is 11.8. The van der Waals surface area contributed by atoms with Gasteiger partial charge in [0.05, 0.1) is 6.61 Å². The predicted molar refractivity (Wildman–Crippen MR) is 59.0 cm³/mol. The Labute approximate surface area is 84.3 Å². The number of ether oxygens (including phenoxy) is 2. The van der Waals surface area contributed by atoms with Gasteiger partial charge in [-0.05, 0) is 13.0 Å². The lowest BCUT2D eigenvalue weighted by Gasteiger charge is -2.13. The first-order chi connectivity index (χ1) is 6.35. The number of likely N-dealkylation sites (N-methyl/N-ethyl adjacent to an activating group) is 1. The van der Waals surface area contributed by atoms with Gasteiger partial charge in [0, 0.05) is 15.1 Å². The maximum Gasteiger partial charge on any atom is 0.156 e. The molecule has 0 aliphatic carbocycles. The number of hydrogen-bond donors (Lipinski definition) is 1. The smallest absolute Gasteiger partial charge is 0.156 e. The van der Waals surface area contributed by atoms with Gasteiger partial charge in [-0.25, -0.2) is 0 Å². The van der Waals surface area contributed by atoms with E-state index in [0.29, 0.717) is 0 Å². The average Bonchev–Trinajstić information content (AvgIpc) is 2.21. The quantitative estimate of drug-likeness (QED) is 0.497. The highest BCUT2D eigenvalue weighted by atomic mass is 16.7. The Morgan fingerprint density at radius 2 is 1.92 bits per heavy atom. The number of hydrogen-bond acceptors (Lipinski definition) is 3. The minimum atomic E-state index is -0.0337. The first-order valence-corrected chi connectivity index (χ1v) is 5.20. The van der Waals surface area contributed by atoms with Crippen LogP contribution in [0, 0.1) is 0 Å². The third-order valence-electron chi connectivity index (χ3n) is 1.43. The van der Waals surface area contributed by atoms with Crippen LogP contribution in [-0.4, -0.2) is 33.1 Å². The topological polar surface area (TPSA) is 30.5 Å². The molecular formula is C10H27NO2. The minimum Gasteiger partial charge on any atom is -0.356 e. The van der Waals surface area contributed by atoms with Gasteiger partial charge in [0.2, 0.25) is 0 Å². The van der Waals surface area contributed by atoms with Crippen LogP contribution in [0.3, 0.4) is 0 Å². The molecule has 0 rings (SSSR count). The van der Waals surface area contributed by atoms with Crippen LogP contribution in [0.1, 0.15) is 35.5 Å². The fraction of sp³-hybridized carbons (Fsp3) is 1.00. The van der Waals surface area contributed by atoms with E-state index in [1.807, 2.05) is 20.8 Å². The molecule has 0 spiro atoms. The Hall–Kier alpha value is -0.120. The van der Waals surface area contributed by atoms with Crippen molar-refractivity contribution in [2.24, 2.45) is 0 Å². The van der Waals surface area contributed by atoms with Crippen LogP contribution in [0.15, 0.2) is 0 Å². The van der Waals surface area contributed by atoms with E-state index in [9.17, 15) is 0 Å². The fourth-order valence-corrected chi connectivity index (χ4v) is 0.792. The molecule has 0 heterocycles. The van der Waals surface area contributed by atoms with Crippen molar-refractivity contribution in [3.63, 3.8) is 0 Å². The van der Waals surface area contributed by atoms with Gasteiger partial charge < -0.3 is 14.8 Å². The summed E-state index contributed by atoms with van der Waals surface area (Å²) in [5.74, 6) is 0. The van der Waals surface area contributed by atoms with Crippen molar-refractivity contribution in [2.45, 2.75) is 40.4 Å². The van der Waals surface area contributed by atoms with E-state index in [1.165, 1.54) is 0 Å². The molecule has 0 aromatic rings. The molecule has 0 aliphatic heterocycles. The van der Waals surface area contributed by atoms with E-state index in [1.54, 1.807) is 7.11 Å². The zero-order valence-electron chi connectivity index (χ0n) is 9.72. The molecule has 1 atom stereocenters. The van der Waals surface area contributed by atoms with Gasteiger partial charge in [-0.1, -0.05) is 27.7 Å². The lowest BCUT2D eigenvalue weighted by Crippen LogP contribution is -2.23. The van der Waals surface area contributed by atoms with Crippen LogP contribution in [0.5, 0.6) is 0 Å². The second kappa shape index (κ2) is 14.4. The van der Waals surface area contributed by atoms with Crippen molar-refractivity contribution in [1.82, 2.24) is 5.32 Å². The van der Waals surface area contributed by atoms with E-state index < -0.39 is 0 Å². The molecule has 0 amide bonds. The molecule has 84 valence electrons. The molecule has 0 saturated heterocycles. The molecule has 0 radical (unpaired) electrons. The fourth-order valence-electron chi connectivity index (χ4n) is 0.792. The Morgan fingerprint density at radius 1 is 1.31 bits per heavy atom. The zero-order valence-corrected chi connectivity index (χ0v) is 9.72. The van der Waals surface area contributed by atoms with Gasteiger partial charge in [0.15, 0.2) is 6.29 Å². The summed E-state index contributed by atoms with van der Waals surface area (Å²) in [5, 5.41) is 3.17. The molecule has 3 nitrogen and oxygen atoms in total. The van der Waals surface area contributed by atoms with Crippen molar-refractivity contribution in [3.05, 3.63) is 0 Å². The molecule has 0 aromatic carbocycles. The van der Waals surface area contributed by atoms with Crippen LogP contribution in [0.4, 0.5) is 0 Å². The van der Waals surface area contributed by atoms with E-state index >= 15 is 0 Å². The first-order valence-electron chi connectivity index (χ1n) is 5.20. The molecule has 1 unspecified atom stereocenters. The van der Waals surface area contributed by atoms with E-state index in [-0.39, 0.29) is 7.72 Å². The Morgan fingerprint density at radius 3 is 2.31 bits per heavy atom. The van der Waals surface area contributed by atoms with E-state index in [4.69, 9.17) is 9.47 Å². The SMILES string of the molecule is CC.CCNCCOC(CC)OC.[HH]. The zero-order chi connectivity index (χ0) is 10.5. The average molecular weight is 193 g/mol. The second-order valence-corrected chi connectivity index (χ2v) is 2.30. The molecule has 1 N–H and O–H groups in total. The predicted octanol–water partition coefficient (Wildman–Crippen LogP) is 2.27. The minimum absolute atomic E-state index is 0. The van der Waals surface area contributed by atoms with Crippen LogP contribution in [0.2, 0.25) is 0 Å². The van der Waals surface area contributed by atoms with Gasteiger partial charge in [0.1, 0.15) is 0 Å². The lowest BCUT2D eigenvalue weighted by molar-refractivity contribution is -0.123. The third-order valence-corrected chi connectivity index (χ3v) is 1.43. The molecular weight excluding hydrogens is 166 g/mol. The van der Waals surface area contributed by atoms with Gasteiger partial charge in [-0.3, -0.25) is 0 Å². The Balaban J connectivity index is -0.000000376. The van der Waals surface area contributed by atoms with Gasteiger partial charge in [-0.2, -0.15) is 0 Å². The maximum absolute atomic E-state index is 5.36. The summed E-state index contributed by atoms with van der Waals surface area (Å²) in [6.07, 6.45) is 0.872. The molecule has 0 aliphatic rings. The van der Waals surface area contributed by atoms with Gasteiger partial charge in [0.25, 0.3) is 0 Å². The summed E-state index contributed by atoms with van der Waals surface area (Å²) < 4.78 is 10.4. The summed E-state index contributed by atoms with van der Waals surface area (Å²) in [5.41, 5.74) is 0. The molecule has 0 saturated carbocycles. The molecule has 3 heteroatoms. The van der Waals surface area contributed by atoms with Gasteiger partial charge >= 0.3 is 0 Å². The van der Waals surface area contributed by atoms with Crippen molar-refractivity contribution in [1.29, 1.82) is 0 Å². The summed E-state index contributed by atoms with van der Waals surface area (Å²) in [6, 6.07) is 0. The van der Waals surface area contributed by atoms with Crippen molar-refractivity contribution in [2.75, 3.05) is 26.8 Å². The third kappa shape index (κ3) is 11.9. The first kappa shape index (κ1) is 15.4. The molecule has 13 heavy (non-hydrogen) atoms. The monoisotopic (exact) mass is 193 g/mol. The summed E-state index contributed by atoms with van der Waals surface area (Å²) in [6.45, 7) is 10.7. The highest BCUT2D eigenvalue weighted by molar-refractivity contribution is 4.42. The van der Waals surface area contributed by atoms with Crippen LogP contribution in [0.25, 0.3) is 0 Å². The largest absolute Gasteiger partial charge is 0.356 e. The standard InChI is InChI=1S/C8H19NO2.C2H6.H2/c1-4-8(10-3)11-7-6-9-5-2;1-2;/h8-9H,4-7H2,1-3H3;1-2H3;1H. The highest BCUT2D eigenvalue weighted by Crippen LogP contribution is 1.96. The summed E-state index contributed by atoms with van der Waals surface area (Å²) in [7, 11) is 1.67. The highest BCUT2D eigenvalue weighted by Gasteiger charge is 2.01. The van der Waals surface area contributed by atoms with Crippen LogP contribution in [-0.2, 0) is 9.47 Å². The molecule has 0 bridgehead atoms.